The molecule has 1 aromatic heterocycles. The van der Waals surface area contributed by atoms with E-state index in [1.807, 2.05) is 13.8 Å². The van der Waals surface area contributed by atoms with E-state index in [4.69, 9.17) is 4.74 Å². The lowest BCUT2D eigenvalue weighted by Gasteiger charge is -2.25. The predicted octanol–water partition coefficient (Wildman–Crippen LogP) is 0.429. The van der Waals surface area contributed by atoms with Gasteiger partial charge in [0.15, 0.2) is 0 Å². The zero-order valence-corrected chi connectivity index (χ0v) is 14.8. The van der Waals surface area contributed by atoms with Gasteiger partial charge < -0.3 is 15.4 Å². The first kappa shape index (κ1) is 18.6. The first-order chi connectivity index (χ1) is 11.4. The smallest absolute Gasteiger partial charge is 0.244 e. The van der Waals surface area contributed by atoms with Crippen LogP contribution in [-0.2, 0) is 19.6 Å². The number of sulfonamides is 1. The fourth-order valence-corrected chi connectivity index (χ4v) is 3.63. The van der Waals surface area contributed by atoms with Crippen molar-refractivity contribution in [3.63, 3.8) is 0 Å². The van der Waals surface area contributed by atoms with Gasteiger partial charge in [0.05, 0.1) is 13.2 Å². The molecule has 9 heteroatoms. The van der Waals surface area contributed by atoms with Crippen LogP contribution >= 0.6 is 0 Å². The first-order valence-corrected chi connectivity index (χ1v) is 9.41. The van der Waals surface area contributed by atoms with Gasteiger partial charge in [-0.05, 0) is 26.0 Å². The highest BCUT2D eigenvalue weighted by Crippen LogP contribution is 2.17. The molecule has 1 fully saturated rings. The van der Waals surface area contributed by atoms with Crippen LogP contribution in [0.1, 0.15) is 20.3 Å². The first-order valence-electron chi connectivity index (χ1n) is 7.97. The van der Waals surface area contributed by atoms with Crippen LogP contribution in [0.4, 0.5) is 5.82 Å². The maximum atomic E-state index is 12.5. The minimum Gasteiger partial charge on any atom is -0.379 e. The monoisotopic (exact) mass is 356 g/mol. The number of rotatable bonds is 7. The standard InChI is InChI=1S/C15H24N4O4S/c1-12(2)18-15(20)5-6-16-14-4-3-13(11-17-14)24(21,22)19-7-9-23-10-8-19/h3-4,11-12H,5-10H2,1-2H3,(H,16,17)(H,18,20). The summed E-state index contributed by atoms with van der Waals surface area (Å²) in [5.41, 5.74) is 0. The van der Waals surface area contributed by atoms with Crippen molar-refractivity contribution < 1.29 is 17.9 Å². The lowest BCUT2D eigenvalue weighted by Crippen LogP contribution is -2.40. The number of hydrogen-bond donors (Lipinski definition) is 2. The van der Waals surface area contributed by atoms with Gasteiger partial charge in [-0.25, -0.2) is 13.4 Å². The zero-order chi connectivity index (χ0) is 17.6. The Labute approximate surface area is 142 Å². The predicted molar refractivity (Wildman–Crippen MR) is 90.2 cm³/mol. The molecule has 0 saturated carbocycles. The molecule has 1 aliphatic rings. The number of morpholine rings is 1. The number of nitrogens with one attached hydrogen (secondary N) is 2. The number of pyridine rings is 1. The van der Waals surface area contributed by atoms with E-state index in [9.17, 15) is 13.2 Å². The van der Waals surface area contributed by atoms with E-state index in [0.29, 0.717) is 45.1 Å². The molecule has 134 valence electrons. The van der Waals surface area contributed by atoms with Crippen LogP contribution in [-0.4, -0.2) is 62.5 Å². The van der Waals surface area contributed by atoms with E-state index in [2.05, 4.69) is 15.6 Å². The Kier molecular flexibility index (Phi) is 6.52. The number of ether oxygens (including phenoxy) is 1. The van der Waals surface area contributed by atoms with E-state index in [0.717, 1.165) is 0 Å². The summed E-state index contributed by atoms with van der Waals surface area (Å²) in [6, 6.07) is 3.24. The van der Waals surface area contributed by atoms with Crippen LogP contribution in [0, 0.1) is 0 Å². The van der Waals surface area contributed by atoms with Crippen molar-refractivity contribution in [3.05, 3.63) is 18.3 Å². The minimum atomic E-state index is -3.53. The molecule has 8 nitrogen and oxygen atoms in total. The van der Waals surface area contributed by atoms with Crippen LogP contribution in [0.25, 0.3) is 0 Å². The SMILES string of the molecule is CC(C)NC(=O)CCNc1ccc(S(=O)(=O)N2CCOCC2)cn1. The molecule has 2 rings (SSSR count). The van der Waals surface area contributed by atoms with Gasteiger partial charge >= 0.3 is 0 Å². The average molecular weight is 356 g/mol. The maximum Gasteiger partial charge on any atom is 0.244 e. The Bertz CT molecular complexity index is 640. The highest BCUT2D eigenvalue weighted by molar-refractivity contribution is 7.89. The van der Waals surface area contributed by atoms with Crippen LogP contribution in [0.3, 0.4) is 0 Å². The summed E-state index contributed by atoms with van der Waals surface area (Å²) < 4.78 is 31.5. The molecule has 24 heavy (non-hydrogen) atoms. The number of aromatic nitrogens is 1. The molecule has 0 bridgehead atoms. The van der Waals surface area contributed by atoms with Crippen molar-refractivity contribution >= 4 is 21.7 Å². The molecule has 1 aromatic rings. The molecule has 0 aromatic carbocycles. The highest BCUT2D eigenvalue weighted by Gasteiger charge is 2.26. The Morgan fingerprint density at radius 3 is 2.62 bits per heavy atom. The number of carbonyl (C=O) groups is 1. The molecule has 1 amide bonds. The maximum absolute atomic E-state index is 12.5. The molecule has 0 atom stereocenters. The van der Waals surface area contributed by atoms with E-state index in [1.54, 1.807) is 6.07 Å². The van der Waals surface area contributed by atoms with Crippen LogP contribution < -0.4 is 10.6 Å². The van der Waals surface area contributed by atoms with Crippen molar-refractivity contribution in [2.75, 3.05) is 38.2 Å². The second-order valence-corrected chi connectivity index (χ2v) is 7.73. The second-order valence-electron chi connectivity index (χ2n) is 5.79. The summed E-state index contributed by atoms with van der Waals surface area (Å²) in [6.45, 7) is 5.76. The van der Waals surface area contributed by atoms with Gasteiger partial charge in [-0.15, -0.1) is 0 Å². The average Bonchev–Trinajstić information content (AvgIpc) is 2.55. The van der Waals surface area contributed by atoms with E-state index in [-0.39, 0.29) is 16.8 Å². The third-order valence-electron chi connectivity index (χ3n) is 3.45. The third-order valence-corrected chi connectivity index (χ3v) is 5.33. The summed E-state index contributed by atoms with van der Waals surface area (Å²) in [5.74, 6) is 0.497. The van der Waals surface area contributed by atoms with Gasteiger partial charge in [-0.2, -0.15) is 4.31 Å². The molecule has 0 aliphatic carbocycles. The van der Waals surface area contributed by atoms with Crippen molar-refractivity contribution in [3.8, 4) is 0 Å². The summed E-state index contributed by atoms with van der Waals surface area (Å²) in [7, 11) is -3.53. The third kappa shape index (κ3) is 5.15. The van der Waals surface area contributed by atoms with Gasteiger partial charge in [0.2, 0.25) is 15.9 Å². The van der Waals surface area contributed by atoms with E-state index in [1.165, 1.54) is 16.6 Å². The summed E-state index contributed by atoms with van der Waals surface area (Å²) >= 11 is 0. The molecule has 2 N–H and O–H groups in total. The Morgan fingerprint density at radius 1 is 1.33 bits per heavy atom. The topological polar surface area (TPSA) is 101 Å². The Balaban J connectivity index is 1.89. The molecule has 0 unspecified atom stereocenters. The minimum absolute atomic E-state index is 0.0379. The number of amides is 1. The molecular formula is C15H24N4O4S. The largest absolute Gasteiger partial charge is 0.379 e. The van der Waals surface area contributed by atoms with Crippen molar-refractivity contribution in [2.24, 2.45) is 0 Å². The van der Waals surface area contributed by atoms with Gasteiger partial charge in [-0.3, -0.25) is 4.79 Å². The van der Waals surface area contributed by atoms with E-state index < -0.39 is 10.0 Å². The fourth-order valence-electron chi connectivity index (χ4n) is 2.27. The van der Waals surface area contributed by atoms with Gasteiger partial charge in [0.25, 0.3) is 0 Å². The lowest BCUT2D eigenvalue weighted by molar-refractivity contribution is -0.121. The Hall–Kier alpha value is -1.71. The molecule has 0 spiro atoms. The lowest BCUT2D eigenvalue weighted by atomic mass is 10.3. The van der Waals surface area contributed by atoms with Crippen molar-refractivity contribution in [1.82, 2.24) is 14.6 Å². The number of hydrogen-bond acceptors (Lipinski definition) is 6. The normalized spacial score (nSPS) is 16.1. The fraction of sp³-hybridized carbons (Fsp3) is 0.600. The molecule has 1 aliphatic heterocycles. The quantitative estimate of drug-likeness (QED) is 0.735. The van der Waals surface area contributed by atoms with E-state index >= 15 is 0 Å². The molecular weight excluding hydrogens is 332 g/mol. The van der Waals surface area contributed by atoms with Crippen molar-refractivity contribution in [2.45, 2.75) is 31.2 Å². The van der Waals surface area contributed by atoms with Crippen LogP contribution in [0.2, 0.25) is 0 Å². The summed E-state index contributed by atoms with van der Waals surface area (Å²) in [6.07, 6.45) is 1.66. The zero-order valence-electron chi connectivity index (χ0n) is 14.0. The van der Waals surface area contributed by atoms with Crippen molar-refractivity contribution in [1.29, 1.82) is 0 Å². The van der Waals surface area contributed by atoms with Gasteiger partial charge in [0.1, 0.15) is 10.7 Å². The second kappa shape index (κ2) is 8.41. The highest BCUT2D eigenvalue weighted by atomic mass is 32.2. The van der Waals surface area contributed by atoms with Gasteiger partial charge in [-0.1, -0.05) is 0 Å². The van der Waals surface area contributed by atoms with Crippen LogP contribution in [0.5, 0.6) is 0 Å². The molecule has 1 saturated heterocycles. The summed E-state index contributed by atoms with van der Waals surface area (Å²) in [5, 5.41) is 5.81. The Morgan fingerprint density at radius 2 is 2.04 bits per heavy atom. The molecule has 0 radical (unpaired) electrons. The molecule has 2 heterocycles. The summed E-state index contributed by atoms with van der Waals surface area (Å²) in [4.78, 5) is 15.8. The van der Waals surface area contributed by atoms with Gasteiger partial charge in [0, 0.05) is 38.3 Å². The number of nitrogens with zero attached hydrogens (tertiary/aromatic N) is 2. The van der Waals surface area contributed by atoms with Crippen LogP contribution in [0.15, 0.2) is 23.2 Å². The number of anilines is 1. The number of carbonyl (C=O) groups excluding carboxylic acids is 1.